The maximum Gasteiger partial charge on any atom is 0.260 e. The third-order valence-electron chi connectivity index (χ3n) is 4.17. The minimum absolute atomic E-state index is 0.236. The summed E-state index contributed by atoms with van der Waals surface area (Å²) >= 11 is 0. The standard InChI is InChI=1S/C16H25N3O4S/c1-4-18-9-11-19(12-10-18)24(21,22)15-7-5-14(6-8-15)23-13(2)16(20)17-3/h5-8,13H,4,9-12H2,1-3H3,(H,17,20)/t13-/m0/s1. The molecule has 1 aliphatic heterocycles. The second-order valence-electron chi connectivity index (χ2n) is 5.68. The van der Waals surface area contributed by atoms with Crippen molar-refractivity contribution in [2.75, 3.05) is 39.8 Å². The van der Waals surface area contributed by atoms with E-state index in [1.165, 1.54) is 23.5 Å². The maximum atomic E-state index is 12.7. The largest absolute Gasteiger partial charge is 0.481 e. The van der Waals surface area contributed by atoms with E-state index in [1.54, 1.807) is 19.1 Å². The lowest BCUT2D eigenvalue weighted by atomic mass is 10.3. The number of carbonyl (C=O) groups excluding carboxylic acids is 1. The molecule has 1 saturated heterocycles. The van der Waals surface area contributed by atoms with Gasteiger partial charge >= 0.3 is 0 Å². The number of benzene rings is 1. The highest BCUT2D eigenvalue weighted by atomic mass is 32.2. The summed E-state index contributed by atoms with van der Waals surface area (Å²) in [5.74, 6) is 0.223. The van der Waals surface area contributed by atoms with Crippen molar-refractivity contribution >= 4 is 15.9 Å². The zero-order chi connectivity index (χ0) is 17.7. The molecule has 0 bridgehead atoms. The van der Waals surface area contributed by atoms with Crippen LogP contribution in [0.15, 0.2) is 29.2 Å². The maximum absolute atomic E-state index is 12.7. The highest BCUT2D eigenvalue weighted by Gasteiger charge is 2.28. The van der Waals surface area contributed by atoms with Gasteiger partial charge in [-0.1, -0.05) is 6.92 Å². The molecule has 0 spiro atoms. The summed E-state index contributed by atoms with van der Waals surface area (Å²) in [4.78, 5) is 13.9. The molecule has 1 aromatic carbocycles. The van der Waals surface area contributed by atoms with Gasteiger partial charge in [0.1, 0.15) is 5.75 Å². The van der Waals surface area contributed by atoms with E-state index < -0.39 is 16.1 Å². The molecule has 2 rings (SSSR count). The number of likely N-dealkylation sites (N-methyl/N-ethyl adjacent to an activating group) is 2. The zero-order valence-corrected chi connectivity index (χ0v) is 15.2. The zero-order valence-electron chi connectivity index (χ0n) is 14.4. The van der Waals surface area contributed by atoms with Crippen molar-refractivity contribution in [3.05, 3.63) is 24.3 Å². The molecule has 1 amide bonds. The Morgan fingerprint density at radius 3 is 2.29 bits per heavy atom. The van der Waals surface area contributed by atoms with Crippen LogP contribution in [0.5, 0.6) is 5.75 Å². The van der Waals surface area contributed by atoms with E-state index in [9.17, 15) is 13.2 Å². The topological polar surface area (TPSA) is 79.0 Å². The second-order valence-corrected chi connectivity index (χ2v) is 7.62. The van der Waals surface area contributed by atoms with Crippen LogP contribution in [0.3, 0.4) is 0 Å². The molecule has 1 aromatic rings. The minimum Gasteiger partial charge on any atom is -0.481 e. The first-order valence-electron chi connectivity index (χ1n) is 8.09. The lowest BCUT2D eigenvalue weighted by molar-refractivity contribution is -0.126. The van der Waals surface area contributed by atoms with Gasteiger partial charge < -0.3 is 15.0 Å². The lowest BCUT2D eigenvalue weighted by Crippen LogP contribution is -2.48. The van der Waals surface area contributed by atoms with E-state index in [4.69, 9.17) is 4.74 Å². The fraction of sp³-hybridized carbons (Fsp3) is 0.562. The van der Waals surface area contributed by atoms with Crippen LogP contribution < -0.4 is 10.1 Å². The molecule has 24 heavy (non-hydrogen) atoms. The first-order valence-corrected chi connectivity index (χ1v) is 9.53. The van der Waals surface area contributed by atoms with Gasteiger partial charge in [-0.25, -0.2) is 8.42 Å². The van der Waals surface area contributed by atoms with Gasteiger partial charge in [0.15, 0.2) is 6.10 Å². The van der Waals surface area contributed by atoms with Crippen molar-refractivity contribution in [2.24, 2.45) is 0 Å². The number of rotatable bonds is 6. The van der Waals surface area contributed by atoms with Gasteiger partial charge in [0.05, 0.1) is 4.90 Å². The number of carbonyl (C=O) groups is 1. The highest BCUT2D eigenvalue weighted by Crippen LogP contribution is 2.21. The van der Waals surface area contributed by atoms with Crippen LogP contribution >= 0.6 is 0 Å². The average molecular weight is 355 g/mol. The smallest absolute Gasteiger partial charge is 0.260 e. The van der Waals surface area contributed by atoms with Crippen molar-refractivity contribution in [2.45, 2.75) is 24.8 Å². The predicted octanol–water partition coefficient (Wildman–Crippen LogP) is 0.526. The Morgan fingerprint density at radius 1 is 1.21 bits per heavy atom. The van der Waals surface area contributed by atoms with Crippen molar-refractivity contribution in [3.8, 4) is 5.75 Å². The summed E-state index contributed by atoms with van der Waals surface area (Å²) < 4.78 is 32.3. The third kappa shape index (κ3) is 4.25. The van der Waals surface area contributed by atoms with Gasteiger partial charge in [-0.15, -0.1) is 0 Å². The molecular formula is C16H25N3O4S. The van der Waals surface area contributed by atoms with Crippen LogP contribution in [-0.2, 0) is 14.8 Å². The van der Waals surface area contributed by atoms with Gasteiger partial charge in [-0.2, -0.15) is 4.31 Å². The summed E-state index contributed by atoms with van der Waals surface area (Å²) in [6, 6.07) is 6.20. The number of sulfonamides is 1. The number of piperazine rings is 1. The Morgan fingerprint density at radius 2 is 1.79 bits per heavy atom. The fourth-order valence-electron chi connectivity index (χ4n) is 2.59. The first-order chi connectivity index (χ1) is 11.4. The number of amides is 1. The van der Waals surface area contributed by atoms with Crippen LogP contribution in [0.4, 0.5) is 0 Å². The number of hydrogen-bond acceptors (Lipinski definition) is 5. The lowest BCUT2D eigenvalue weighted by Gasteiger charge is -2.33. The second kappa shape index (κ2) is 7.96. The van der Waals surface area contributed by atoms with E-state index in [0.717, 1.165) is 19.6 Å². The average Bonchev–Trinajstić information content (AvgIpc) is 2.61. The number of nitrogens with one attached hydrogen (secondary N) is 1. The molecule has 1 heterocycles. The van der Waals surface area contributed by atoms with E-state index in [-0.39, 0.29) is 10.8 Å². The van der Waals surface area contributed by atoms with Gasteiger partial charge in [-0.05, 0) is 37.7 Å². The van der Waals surface area contributed by atoms with Crippen molar-refractivity contribution in [3.63, 3.8) is 0 Å². The van der Waals surface area contributed by atoms with Crippen molar-refractivity contribution in [1.29, 1.82) is 0 Å². The molecule has 1 fully saturated rings. The van der Waals surface area contributed by atoms with E-state index in [1.807, 2.05) is 0 Å². The molecule has 1 N–H and O–H groups in total. The molecule has 1 atom stereocenters. The molecule has 134 valence electrons. The molecule has 8 heteroatoms. The molecule has 0 aromatic heterocycles. The molecule has 1 aliphatic rings. The number of nitrogens with zero attached hydrogens (tertiary/aromatic N) is 2. The molecule has 7 nitrogen and oxygen atoms in total. The summed E-state index contributed by atoms with van der Waals surface area (Å²) in [5.41, 5.74) is 0. The Balaban J connectivity index is 2.05. The SMILES string of the molecule is CCN1CCN(S(=O)(=O)c2ccc(O[C@@H](C)C(=O)NC)cc2)CC1. The highest BCUT2D eigenvalue weighted by molar-refractivity contribution is 7.89. The number of hydrogen-bond donors (Lipinski definition) is 1. The first kappa shape index (κ1) is 18.7. The Kier molecular flexibility index (Phi) is 6.20. The monoisotopic (exact) mass is 355 g/mol. The predicted molar refractivity (Wildman–Crippen MR) is 91.5 cm³/mol. The Labute approximate surface area is 143 Å². The van der Waals surface area contributed by atoms with Crippen LogP contribution in [0.25, 0.3) is 0 Å². The fourth-order valence-corrected chi connectivity index (χ4v) is 4.01. The van der Waals surface area contributed by atoms with Gasteiger partial charge in [0.25, 0.3) is 5.91 Å². The van der Waals surface area contributed by atoms with Crippen LogP contribution in [0.2, 0.25) is 0 Å². The molecular weight excluding hydrogens is 330 g/mol. The molecule has 0 unspecified atom stereocenters. The molecule has 0 saturated carbocycles. The summed E-state index contributed by atoms with van der Waals surface area (Å²) in [7, 11) is -1.95. The van der Waals surface area contributed by atoms with Crippen molar-refractivity contribution < 1.29 is 17.9 Å². The van der Waals surface area contributed by atoms with Gasteiger partial charge in [-0.3, -0.25) is 4.79 Å². The Hall–Kier alpha value is -1.64. The van der Waals surface area contributed by atoms with E-state index in [0.29, 0.717) is 18.8 Å². The van der Waals surface area contributed by atoms with Gasteiger partial charge in [0, 0.05) is 33.2 Å². The van der Waals surface area contributed by atoms with Crippen molar-refractivity contribution in [1.82, 2.24) is 14.5 Å². The summed E-state index contributed by atoms with van der Waals surface area (Å²) in [6.45, 7) is 7.15. The summed E-state index contributed by atoms with van der Waals surface area (Å²) in [6.07, 6.45) is -0.639. The van der Waals surface area contributed by atoms with Crippen LogP contribution in [-0.4, -0.2) is 69.4 Å². The number of ether oxygens (including phenoxy) is 1. The Bertz CT molecular complexity index is 652. The third-order valence-corrected chi connectivity index (χ3v) is 6.08. The van der Waals surface area contributed by atoms with E-state index >= 15 is 0 Å². The molecule has 0 radical (unpaired) electrons. The van der Waals surface area contributed by atoms with Gasteiger partial charge in [0.2, 0.25) is 10.0 Å². The normalized spacial score (nSPS) is 18.1. The summed E-state index contributed by atoms with van der Waals surface area (Å²) in [5, 5.41) is 2.50. The quantitative estimate of drug-likeness (QED) is 0.805. The van der Waals surface area contributed by atoms with Crippen LogP contribution in [0.1, 0.15) is 13.8 Å². The van der Waals surface area contributed by atoms with E-state index in [2.05, 4.69) is 17.1 Å². The molecule has 0 aliphatic carbocycles. The minimum atomic E-state index is -3.49. The van der Waals surface area contributed by atoms with Crippen LogP contribution in [0, 0.1) is 0 Å².